The fraction of sp³-hybridized carbons (Fsp3) is 0.667. The highest BCUT2D eigenvalue weighted by Gasteiger charge is 2.27. The molecule has 4 heteroatoms. The molecule has 1 fully saturated rings. The van der Waals surface area contributed by atoms with E-state index in [0.29, 0.717) is 12.0 Å². The van der Waals surface area contributed by atoms with E-state index in [1.165, 1.54) is 0 Å². The molecule has 0 spiro atoms. The molecular formula is C9H14ClN3. The molecule has 0 amide bonds. The molecule has 2 atom stereocenters. The summed E-state index contributed by atoms with van der Waals surface area (Å²) in [6.07, 6.45) is 4.99. The lowest BCUT2D eigenvalue weighted by atomic mass is 10.0. The highest BCUT2D eigenvalue weighted by molar-refractivity contribution is 6.31. The van der Waals surface area contributed by atoms with Crippen molar-refractivity contribution in [3.05, 3.63) is 16.9 Å². The Kier molecular flexibility index (Phi) is 2.30. The van der Waals surface area contributed by atoms with Crippen LogP contribution in [0.4, 0.5) is 0 Å². The van der Waals surface area contributed by atoms with Crippen LogP contribution in [0, 0.1) is 0 Å². The molecule has 1 heterocycles. The number of aryl methyl sites for hydroxylation is 1. The number of hydrogen-bond donors (Lipinski definition) is 1. The molecule has 3 nitrogen and oxygen atoms in total. The van der Waals surface area contributed by atoms with Crippen molar-refractivity contribution in [1.29, 1.82) is 0 Å². The van der Waals surface area contributed by atoms with Crippen molar-refractivity contribution in [2.45, 2.75) is 31.2 Å². The van der Waals surface area contributed by atoms with Gasteiger partial charge in [-0.1, -0.05) is 11.6 Å². The largest absolute Gasteiger partial charge is 0.328 e. The Balaban J connectivity index is 2.25. The number of rotatable bonds is 1. The van der Waals surface area contributed by atoms with Crippen LogP contribution < -0.4 is 5.73 Å². The van der Waals surface area contributed by atoms with Crippen molar-refractivity contribution in [1.82, 2.24) is 9.78 Å². The first-order chi connectivity index (χ1) is 6.18. The third kappa shape index (κ3) is 1.58. The molecule has 1 aliphatic carbocycles. The summed E-state index contributed by atoms with van der Waals surface area (Å²) in [6.45, 7) is 0. The van der Waals surface area contributed by atoms with E-state index in [1.54, 1.807) is 6.20 Å². The summed E-state index contributed by atoms with van der Waals surface area (Å²) in [5.74, 6) is 0.509. The zero-order chi connectivity index (χ0) is 9.42. The minimum Gasteiger partial charge on any atom is -0.328 e. The fourth-order valence-electron chi connectivity index (χ4n) is 2.14. The van der Waals surface area contributed by atoms with Crippen molar-refractivity contribution in [3.8, 4) is 0 Å². The van der Waals surface area contributed by atoms with Crippen LogP contribution in [0.1, 0.15) is 30.9 Å². The topological polar surface area (TPSA) is 43.8 Å². The highest BCUT2D eigenvalue weighted by Crippen LogP contribution is 2.36. The second-order valence-electron chi connectivity index (χ2n) is 3.77. The number of halogens is 1. The predicted octanol–water partition coefficient (Wildman–Crippen LogP) is 1.67. The van der Waals surface area contributed by atoms with Gasteiger partial charge in [0.15, 0.2) is 0 Å². The van der Waals surface area contributed by atoms with Crippen molar-refractivity contribution in [2.75, 3.05) is 0 Å². The molecule has 1 aliphatic rings. The van der Waals surface area contributed by atoms with Gasteiger partial charge < -0.3 is 5.73 Å². The standard InChI is InChI=1S/C9H14ClN3/c1-13-9(8(10)5-12-13)6-2-3-7(11)4-6/h5-7H,2-4,11H2,1H3. The summed E-state index contributed by atoms with van der Waals surface area (Å²) in [4.78, 5) is 0. The SMILES string of the molecule is Cn1ncc(Cl)c1C1CCC(N)C1. The maximum absolute atomic E-state index is 6.05. The Morgan fingerprint density at radius 1 is 1.62 bits per heavy atom. The van der Waals surface area contributed by atoms with E-state index in [9.17, 15) is 0 Å². The van der Waals surface area contributed by atoms with Gasteiger partial charge >= 0.3 is 0 Å². The van der Waals surface area contributed by atoms with E-state index in [0.717, 1.165) is 30.0 Å². The lowest BCUT2D eigenvalue weighted by Crippen LogP contribution is -2.15. The van der Waals surface area contributed by atoms with Gasteiger partial charge in [0.05, 0.1) is 16.9 Å². The molecule has 72 valence electrons. The van der Waals surface area contributed by atoms with Crippen molar-refractivity contribution in [3.63, 3.8) is 0 Å². The summed E-state index contributed by atoms with van der Waals surface area (Å²) >= 11 is 6.05. The van der Waals surface area contributed by atoms with Gasteiger partial charge in [-0.05, 0) is 19.3 Å². The van der Waals surface area contributed by atoms with Crippen LogP contribution in [0.3, 0.4) is 0 Å². The van der Waals surface area contributed by atoms with Crippen molar-refractivity contribution in [2.24, 2.45) is 12.8 Å². The second-order valence-corrected chi connectivity index (χ2v) is 4.18. The van der Waals surface area contributed by atoms with Gasteiger partial charge in [0.2, 0.25) is 0 Å². The third-order valence-corrected chi connectivity index (χ3v) is 3.09. The average molecular weight is 200 g/mol. The molecule has 2 rings (SSSR count). The van der Waals surface area contributed by atoms with Crippen LogP contribution in [-0.2, 0) is 7.05 Å². The lowest BCUT2D eigenvalue weighted by Gasteiger charge is -2.10. The maximum atomic E-state index is 6.05. The first kappa shape index (κ1) is 9.03. The predicted molar refractivity (Wildman–Crippen MR) is 52.8 cm³/mol. The monoisotopic (exact) mass is 199 g/mol. The Labute approximate surface area is 82.9 Å². The molecule has 1 aromatic heterocycles. The number of aromatic nitrogens is 2. The summed E-state index contributed by atoms with van der Waals surface area (Å²) in [6, 6.07) is 0.343. The van der Waals surface area contributed by atoms with Gasteiger partial charge in [0.1, 0.15) is 0 Å². The molecule has 1 aromatic rings. The molecule has 2 N–H and O–H groups in total. The molecule has 1 saturated carbocycles. The second kappa shape index (κ2) is 3.31. The van der Waals surface area contributed by atoms with Gasteiger partial charge in [-0.3, -0.25) is 4.68 Å². The number of hydrogen-bond acceptors (Lipinski definition) is 2. The molecule has 0 aromatic carbocycles. The quantitative estimate of drug-likeness (QED) is 0.748. The molecule has 0 saturated heterocycles. The van der Waals surface area contributed by atoms with Crippen LogP contribution in [0.5, 0.6) is 0 Å². The zero-order valence-electron chi connectivity index (χ0n) is 7.70. The summed E-state index contributed by atoms with van der Waals surface area (Å²) in [5.41, 5.74) is 7.01. The molecule has 2 unspecified atom stereocenters. The summed E-state index contributed by atoms with van der Waals surface area (Å²) in [7, 11) is 1.94. The van der Waals surface area contributed by atoms with E-state index in [-0.39, 0.29) is 0 Å². The van der Waals surface area contributed by atoms with Crippen molar-refractivity contribution < 1.29 is 0 Å². The van der Waals surface area contributed by atoms with E-state index >= 15 is 0 Å². The Morgan fingerprint density at radius 2 is 2.38 bits per heavy atom. The zero-order valence-corrected chi connectivity index (χ0v) is 8.46. The van der Waals surface area contributed by atoms with Crippen LogP contribution in [0.15, 0.2) is 6.20 Å². The number of nitrogens with two attached hydrogens (primary N) is 1. The van der Waals surface area contributed by atoms with Crippen LogP contribution in [0.2, 0.25) is 5.02 Å². The van der Waals surface area contributed by atoms with E-state index in [1.807, 2.05) is 11.7 Å². The smallest absolute Gasteiger partial charge is 0.0820 e. The molecule has 0 radical (unpaired) electrons. The minimum absolute atomic E-state index is 0.343. The van der Waals surface area contributed by atoms with Crippen molar-refractivity contribution >= 4 is 11.6 Å². The molecule has 0 aliphatic heterocycles. The third-order valence-electron chi connectivity index (χ3n) is 2.80. The van der Waals surface area contributed by atoms with Gasteiger partial charge in [-0.25, -0.2) is 0 Å². The van der Waals surface area contributed by atoms with E-state index in [4.69, 9.17) is 17.3 Å². The van der Waals surface area contributed by atoms with E-state index < -0.39 is 0 Å². The lowest BCUT2D eigenvalue weighted by molar-refractivity contribution is 0.606. The van der Waals surface area contributed by atoms with Gasteiger partial charge in [-0.15, -0.1) is 0 Å². The van der Waals surface area contributed by atoms with Crippen LogP contribution in [-0.4, -0.2) is 15.8 Å². The maximum Gasteiger partial charge on any atom is 0.0820 e. The Bertz CT molecular complexity index is 288. The molecule has 13 heavy (non-hydrogen) atoms. The minimum atomic E-state index is 0.343. The van der Waals surface area contributed by atoms with Crippen LogP contribution in [0.25, 0.3) is 0 Å². The van der Waals surface area contributed by atoms with Crippen LogP contribution >= 0.6 is 11.6 Å². The Hall–Kier alpha value is -0.540. The first-order valence-electron chi connectivity index (χ1n) is 4.61. The highest BCUT2D eigenvalue weighted by atomic mass is 35.5. The Morgan fingerprint density at radius 3 is 2.85 bits per heavy atom. The normalized spacial score (nSPS) is 28.2. The molecular weight excluding hydrogens is 186 g/mol. The summed E-state index contributed by atoms with van der Waals surface area (Å²) in [5, 5.41) is 4.91. The van der Waals surface area contributed by atoms with Gasteiger partial charge in [0, 0.05) is 19.0 Å². The first-order valence-corrected chi connectivity index (χ1v) is 4.99. The number of nitrogens with zero attached hydrogens (tertiary/aromatic N) is 2. The van der Waals surface area contributed by atoms with E-state index in [2.05, 4.69) is 5.10 Å². The average Bonchev–Trinajstić information content (AvgIpc) is 2.60. The summed E-state index contributed by atoms with van der Waals surface area (Å²) < 4.78 is 1.87. The van der Waals surface area contributed by atoms with Gasteiger partial charge in [0.25, 0.3) is 0 Å². The van der Waals surface area contributed by atoms with Gasteiger partial charge in [-0.2, -0.15) is 5.10 Å². The fourth-order valence-corrected chi connectivity index (χ4v) is 2.46. The molecule has 0 bridgehead atoms.